The lowest BCUT2D eigenvalue weighted by molar-refractivity contribution is -0.131. The van der Waals surface area contributed by atoms with Gasteiger partial charge in [-0.3, -0.25) is 14.4 Å². The Balaban J connectivity index is 1.50. The largest absolute Gasteiger partial charge is 0.344 e. The van der Waals surface area contributed by atoms with Crippen molar-refractivity contribution in [2.24, 2.45) is 0 Å². The summed E-state index contributed by atoms with van der Waals surface area (Å²) in [5.41, 5.74) is 1.30. The van der Waals surface area contributed by atoms with Crippen LogP contribution in [0.25, 0.3) is 0 Å². The first kappa shape index (κ1) is 22.9. The fraction of sp³-hybridized carbons (Fsp3) is 0.708. The van der Waals surface area contributed by atoms with Crippen molar-refractivity contribution in [3.05, 3.63) is 11.3 Å². The molecule has 34 heavy (non-hydrogen) atoms. The maximum absolute atomic E-state index is 13.4. The second kappa shape index (κ2) is 9.03. The molecule has 1 atom stereocenters. The number of piperazine rings is 1. The van der Waals surface area contributed by atoms with Crippen molar-refractivity contribution < 1.29 is 14.4 Å². The van der Waals surface area contributed by atoms with Crippen LogP contribution in [0.4, 0.5) is 11.8 Å². The number of amides is 3. The molecule has 0 bridgehead atoms. The third-order valence-electron chi connectivity index (χ3n) is 7.62. The minimum absolute atomic E-state index is 0.0534. The lowest BCUT2D eigenvalue weighted by atomic mass is 10.1. The molecule has 10 nitrogen and oxygen atoms in total. The Bertz CT molecular complexity index is 983. The summed E-state index contributed by atoms with van der Waals surface area (Å²) in [7, 11) is 0. The van der Waals surface area contributed by atoms with Crippen LogP contribution in [0.3, 0.4) is 0 Å². The average molecular weight is 470 g/mol. The first-order valence-corrected chi connectivity index (χ1v) is 12.6. The van der Waals surface area contributed by atoms with Gasteiger partial charge in [0.15, 0.2) is 0 Å². The molecule has 1 aromatic heterocycles. The Morgan fingerprint density at radius 1 is 0.912 bits per heavy atom. The van der Waals surface area contributed by atoms with Crippen LogP contribution in [0.5, 0.6) is 0 Å². The molecule has 1 unspecified atom stereocenters. The SMILES string of the molecule is CC(=O)N1CCN(c2nc3c(c(N4CCCC4C(=O)N4CCCC4)n2)CN(C(C)C)C3=O)CC1. The first-order chi connectivity index (χ1) is 16.3. The fourth-order valence-corrected chi connectivity index (χ4v) is 5.60. The average Bonchev–Trinajstić information content (AvgIpc) is 3.59. The van der Waals surface area contributed by atoms with E-state index in [4.69, 9.17) is 9.97 Å². The zero-order valence-corrected chi connectivity index (χ0v) is 20.5. The van der Waals surface area contributed by atoms with E-state index in [0.29, 0.717) is 44.4 Å². The van der Waals surface area contributed by atoms with Crippen molar-refractivity contribution in [2.45, 2.75) is 65.1 Å². The van der Waals surface area contributed by atoms with Crippen LogP contribution in [0, 0.1) is 0 Å². The van der Waals surface area contributed by atoms with Crippen LogP contribution in [0.2, 0.25) is 0 Å². The number of hydrogen-bond acceptors (Lipinski definition) is 7. The van der Waals surface area contributed by atoms with Gasteiger partial charge in [-0.25, -0.2) is 4.98 Å². The summed E-state index contributed by atoms with van der Waals surface area (Å²) < 4.78 is 0. The minimum atomic E-state index is -0.234. The van der Waals surface area contributed by atoms with Crippen molar-refractivity contribution in [3.8, 4) is 0 Å². The van der Waals surface area contributed by atoms with Crippen LogP contribution in [-0.4, -0.2) is 100 Å². The summed E-state index contributed by atoms with van der Waals surface area (Å²) in [5, 5.41) is 0. The Morgan fingerprint density at radius 3 is 2.26 bits per heavy atom. The van der Waals surface area contributed by atoms with Gasteiger partial charge in [0.1, 0.15) is 17.6 Å². The molecule has 10 heteroatoms. The van der Waals surface area contributed by atoms with Crippen LogP contribution >= 0.6 is 0 Å². The summed E-state index contributed by atoms with van der Waals surface area (Å²) in [6.45, 7) is 10.9. The molecule has 0 saturated carbocycles. The molecule has 0 radical (unpaired) electrons. The summed E-state index contributed by atoms with van der Waals surface area (Å²) in [5.74, 6) is 1.44. The van der Waals surface area contributed by atoms with E-state index >= 15 is 0 Å². The van der Waals surface area contributed by atoms with Gasteiger partial charge >= 0.3 is 0 Å². The van der Waals surface area contributed by atoms with E-state index in [0.717, 1.165) is 56.7 Å². The summed E-state index contributed by atoms with van der Waals surface area (Å²) >= 11 is 0. The molecule has 4 aliphatic heterocycles. The monoisotopic (exact) mass is 469 g/mol. The zero-order valence-electron chi connectivity index (χ0n) is 20.5. The van der Waals surface area contributed by atoms with Crippen LogP contribution in [0.15, 0.2) is 0 Å². The standard InChI is InChI=1S/C24H35N7O3/c1-16(2)31-15-18-20(23(31)34)25-24(29-13-11-27(12-14-29)17(3)32)26-21(18)30-10-6-7-19(30)22(33)28-8-4-5-9-28/h16,19H,4-15H2,1-3H3. The van der Waals surface area contributed by atoms with Crippen LogP contribution < -0.4 is 9.80 Å². The van der Waals surface area contributed by atoms with E-state index < -0.39 is 0 Å². The molecule has 0 spiro atoms. The van der Waals surface area contributed by atoms with E-state index in [1.54, 1.807) is 6.92 Å². The molecule has 5 rings (SSSR count). The summed E-state index contributed by atoms with van der Waals surface area (Å²) in [6, 6.07) is -0.180. The van der Waals surface area contributed by atoms with Gasteiger partial charge in [-0.1, -0.05) is 0 Å². The van der Waals surface area contributed by atoms with E-state index in [1.807, 2.05) is 28.5 Å². The predicted octanol–water partition coefficient (Wildman–Crippen LogP) is 1.10. The third kappa shape index (κ3) is 3.96. The van der Waals surface area contributed by atoms with E-state index in [-0.39, 0.29) is 29.8 Å². The quantitative estimate of drug-likeness (QED) is 0.652. The number of nitrogens with zero attached hydrogens (tertiary/aromatic N) is 7. The number of carbonyl (C=O) groups is 3. The Morgan fingerprint density at radius 2 is 1.62 bits per heavy atom. The highest BCUT2D eigenvalue weighted by Gasteiger charge is 2.41. The van der Waals surface area contributed by atoms with E-state index in [1.165, 1.54) is 0 Å². The lowest BCUT2D eigenvalue weighted by Crippen LogP contribution is -2.49. The van der Waals surface area contributed by atoms with Gasteiger partial charge in [0.2, 0.25) is 17.8 Å². The van der Waals surface area contributed by atoms with Gasteiger partial charge in [0, 0.05) is 64.3 Å². The Hall–Kier alpha value is -2.91. The number of aromatic nitrogens is 2. The number of fused-ring (bicyclic) bond motifs is 1. The van der Waals surface area contributed by atoms with Gasteiger partial charge in [0.05, 0.1) is 6.54 Å². The van der Waals surface area contributed by atoms with Crippen molar-refractivity contribution >= 4 is 29.5 Å². The van der Waals surface area contributed by atoms with Crippen molar-refractivity contribution in [2.75, 3.05) is 55.6 Å². The topological polar surface area (TPSA) is 93.2 Å². The molecule has 184 valence electrons. The molecule has 3 fully saturated rings. The van der Waals surface area contributed by atoms with Gasteiger partial charge < -0.3 is 24.5 Å². The minimum Gasteiger partial charge on any atom is -0.344 e. The fourth-order valence-electron chi connectivity index (χ4n) is 5.60. The van der Waals surface area contributed by atoms with Gasteiger partial charge in [-0.15, -0.1) is 0 Å². The van der Waals surface area contributed by atoms with Gasteiger partial charge in [-0.2, -0.15) is 4.98 Å². The van der Waals surface area contributed by atoms with Crippen LogP contribution in [0.1, 0.15) is 62.5 Å². The summed E-state index contributed by atoms with van der Waals surface area (Å²) in [6.07, 6.45) is 3.87. The van der Waals surface area contributed by atoms with Crippen LogP contribution in [-0.2, 0) is 16.1 Å². The maximum atomic E-state index is 13.4. The second-order valence-corrected chi connectivity index (χ2v) is 10.1. The first-order valence-electron chi connectivity index (χ1n) is 12.6. The number of carbonyl (C=O) groups excluding carboxylic acids is 3. The highest BCUT2D eigenvalue weighted by atomic mass is 16.2. The molecule has 3 saturated heterocycles. The third-order valence-corrected chi connectivity index (χ3v) is 7.62. The van der Waals surface area contributed by atoms with Crippen molar-refractivity contribution in [1.82, 2.24) is 24.7 Å². The van der Waals surface area contributed by atoms with Crippen molar-refractivity contribution in [3.63, 3.8) is 0 Å². The van der Waals surface area contributed by atoms with E-state index in [9.17, 15) is 14.4 Å². The van der Waals surface area contributed by atoms with Gasteiger partial charge in [0.25, 0.3) is 5.91 Å². The smallest absolute Gasteiger partial charge is 0.273 e. The molecule has 0 N–H and O–H groups in total. The highest BCUT2D eigenvalue weighted by Crippen LogP contribution is 2.36. The van der Waals surface area contributed by atoms with Crippen molar-refractivity contribution in [1.29, 1.82) is 0 Å². The lowest BCUT2D eigenvalue weighted by Gasteiger charge is -2.35. The molecule has 1 aromatic rings. The molecule has 3 amide bonds. The number of likely N-dealkylation sites (tertiary alicyclic amines) is 1. The second-order valence-electron chi connectivity index (χ2n) is 10.1. The predicted molar refractivity (Wildman–Crippen MR) is 128 cm³/mol. The van der Waals surface area contributed by atoms with Gasteiger partial charge in [-0.05, 0) is 39.5 Å². The maximum Gasteiger partial charge on any atom is 0.273 e. The Labute approximate surface area is 200 Å². The molecule has 4 aliphatic rings. The molecular weight excluding hydrogens is 434 g/mol. The van der Waals surface area contributed by atoms with E-state index in [2.05, 4.69) is 9.80 Å². The normalized spacial score (nSPS) is 22.9. The molecule has 5 heterocycles. The summed E-state index contributed by atoms with van der Waals surface area (Å²) in [4.78, 5) is 58.0. The molecular formula is C24H35N7O3. The highest BCUT2D eigenvalue weighted by molar-refractivity contribution is 5.99. The Kier molecular flexibility index (Phi) is 6.07. The number of anilines is 2. The number of rotatable bonds is 4. The molecule has 0 aliphatic carbocycles. The zero-order chi connectivity index (χ0) is 24.0. The number of hydrogen-bond donors (Lipinski definition) is 0. The molecule has 0 aromatic carbocycles.